The Balaban J connectivity index is 2.04. The second kappa shape index (κ2) is 5.26. The van der Waals surface area contributed by atoms with Gasteiger partial charge in [0.05, 0.1) is 5.56 Å². The number of anilines is 2. The molecular weight excluding hydrogens is 274 g/mol. The van der Waals surface area contributed by atoms with Gasteiger partial charge in [0.2, 0.25) is 5.43 Å². The minimum atomic E-state index is -0.449. The highest BCUT2D eigenvalue weighted by Crippen LogP contribution is 2.28. The smallest absolute Gasteiger partial charge is 0.250 e. The first-order chi connectivity index (χ1) is 10.5. The van der Waals surface area contributed by atoms with E-state index in [9.17, 15) is 9.59 Å². The molecule has 0 aliphatic rings. The monoisotopic (exact) mass is 291 g/mol. The second-order valence-electron chi connectivity index (χ2n) is 5.70. The maximum absolute atomic E-state index is 12.0. The van der Waals surface area contributed by atoms with Crippen molar-refractivity contribution < 1.29 is 0 Å². The van der Waals surface area contributed by atoms with Gasteiger partial charge >= 0.3 is 0 Å². The third kappa shape index (κ3) is 2.35. The number of benzene rings is 2. The summed E-state index contributed by atoms with van der Waals surface area (Å²) in [5.74, 6) is 0. The molecule has 3 aromatic carbocycles. The van der Waals surface area contributed by atoms with Crippen molar-refractivity contribution in [2.45, 2.75) is 20.8 Å². The molecule has 0 fully saturated rings. The Hall–Kier alpha value is -2.68. The predicted octanol–water partition coefficient (Wildman–Crippen LogP) is 3.62. The molecule has 3 rings (SSSR count). The molecule has 0 saturated heterocycles. The van der Waals surface area contributed by atoms with Crippen LogP contribution in [0, 0.1) is 20.8 Å². The molecule has 1 N–H and O–H groups in total. The molecule has 3 aromatic rings. The van der Waals surface area contributed by atoms with Crippen LogP contribution < -0.4 is 16.2 Å². The summed E-state index contributed by atoms with van der Waals surface area (Å²) in [5, 5.41) is 3.09. The van der Waals surface area contributed by atoms with Gasteiger partial charge in [0.25, 0.3) is 5.43 Å². The van der Waals surface area contributed by atoms with Crippen LogP contribution in [0.2, 0.25) is 0 Å². The van der Waals surface area contributed by atoms with Crippen molar-refractivity contribution in [3.8, 4) is 11.1 Å². The first-order valence-corrected chi connectivity index (χ1v) is 7.22. The Labute approximate surface area is 128 Å². The summed E-state index contributed by atoms with van der Waals surface area (Å²) in [4.78, 5) is 23.9. The van der Waals surface area contributed by atoms with Crippen molar-refractivity contribution in [2.75, 3.05) is 5.32 Å². The van der Waals surface area contributed by atoms with Crippen LogP contribution in [0.4, 0.5) is 11.4 Å². The minimum absolute atomic E-state index is 0.388. The quantitative estimate of drug-likeness (QED) is 0.750. The standard InChI is InChI=1S/C19H17NO2/c1-11-5-4-6-15(9-11)20-17-16(18(21)19(17)22)14-8-7-12(2)13(3)10-14/h4-10,20H,1-3H3. The zero-order chi connectivity index (χ0) is 15.9. The molecule has 22 heavy (non-hydrogen) atoms. The molecule has 110 valence electrons. The fourth-order valence-corrected chi connectivity index (χ4v) is 2.55. The summed E-state index contributed by atoms with van der Waals surface area (Å²) >= 11 is 0. The summed E-state index contributed by atoms with van der Waals surface area (Å²) in [7, 11) is 0. The Kier molecular flexibility index (Phi) is 3.41. The van der Waals surface area contributed by atoms with Crippen LogP contribution >= 0.6 is 0 Å². The van der Waals surface area contributed by atoms with Gasteiger partial charge < -0.3 is 5.32 Å². The highest BCUT2D eigenvalue weighted by molar-refractivity contribution is 5.85. The van der Waals surface area contributed by atoms with Crippen molar-refractivity contribution in [1.29, 1.82) is 0 Å². The lowest BCUT2D eigenvalue weighted by Gasteiger charge is -2.14. The molecule has 0 heterocycles. The molecule has 0 atom stereocenters. The summed E-state index contributed by atoms with van der Waals surface area (Å²) in [5.41, 5.74) is 4.97. The fraction of sp³-hybridized carbons (Fsp3) is 0.158. The van der Waals surface area contributed by atoms with Gasteiger partial charge in [-0.3, -0.25) is 9.59 Å². The van der Waals surface area contributed by atoms with E-state index in [1.54, 1.807) is 0 Å². The van der Waals surface area contributed by atoms with Crippen molar-refractivity contribution in [3.63, 3.8) is 0 Å². The molecule has 0 amide bonds. The van der Waals surface area contributed by atoms with E-state index in [1.165, 1.54) is 0 Å². The highest BCUT2D eigenvalue weighted by atomic mass is 16.2. The zero-order valence-corrected chi connectivity index (χ0v) is 12.9. The van der Waals surface area contributed by atoms with Crippen LogP contribution in [0.3, 0.4) is 0 Å². The second-order valence-corrected chi connectivity index (χ2v) is 5.70. The van der Waals surface area contributed by atoms with E-state index >= 15 is 0 Å². The molecule has 0 aliphatic heterocycles. The Morgan fingerprint density at radius 3 is 2.27 bits per heavy atom. The number of aryl methyl sites for hydroxylation is 3. The molecule has 0 aromatic heterocycles. The Morgan fingerprint density at radius 1 is 0.818 bits per heavy atom. The van der Waals surface area contributed by atoms with Crippen LogP contribution in [0.15, 0.2) is 52.1 Å². The van der Waals surface area contributed by atoms with E-state index in [0.29, 0.717) is 11.3 Å². The maximum atomic E-state index is 12.0. The maximum Gasteiger partial charge on any atom is 0.250 e. The first-order valence-electron chi connectivity index (χ1n) is 7.22. The third-order valence-electron chi connectivity index (χ3n) is 3.99. The normalized spacial score (nSPS) is 10.9. The van der Waals surface area contributed by atoms with Gasteiger partial charge in [0.15, 0.2) is 0 Å². The van der Waals surface area contributed by atoms with Crippen molar-refractivity contribution in [2.24, 2.45) is 0 Å². The van der Waals surface area contributed by atoms with Crippen LogP contribution in [-0.4, -0.2) is 0 Å². The summed E-state index contributed by atoms with van der Waals surface area (Å²) in [6, 6.07) is 13.5. The lowest BCUT2D eigenvalue weighted by atomic mass is 9.95. The number of rotatable bonds is 3. The van der Waals surface area contributed by atoms with Gasteiger partial charge in [-0.25, -0.2) is 0 Å². The Bertz CT molecular complexity index is 931. The zero-order valence-electron chi connectivity index (χ0n) is 12.9. The van der Waals surface area contributed by atoms with Gasteiger partial charge in [-0.15, -0.1) is 0 Å². The van der Waals surface area contributed by atoms with E-state index in [2.05, 4.69) is 5.32 Å². The topological polar surface area (TPSA) is 46.2 Å². The van der Waals surface area contributed by atoms with E-state index in [4.69, 9.17) is 0 Å². The highest BCUT2D eigenvalue weighted by Gasteiger charge is 2.22. The van der Waals surface area contributed by atoms with Gasteiger partial charge in [0.1, 0.15) is 5.69 Å². The van der Waals surface area contributed by atoms with E-state index in [0.717, 1.165) is 27.9 Å². The molecule has 0 bridgehead atoms. The third-order valence-corrected chi connectivity index (χ3v) is 3.99. The van der Waals surface area contributed by atoms with Gasteiger partial charge in [-0.1, -0.05) is 30.3 Å². The molecular formula is C19H17NO2. The summed E-state index contributed by atoms with van der Waals surface area (Å²) in [6.07, 6.45) is 0. The predicted molar refractivity (Wildman–Crippen MR) is 90.7 cm³/mol. The van der Waals surface area contributed by atoms with E-state index in [1.807, 2.05) is 63.2 Å². The molecule has 0 saturated carbocycles. The summed E-state index contributed by atoms with van der Waals surface area (Å²) in [6.45, 7) is 6.00. The Morgan fingerprint density at radius 2 is 1.59 bits per heavy atom. The lowest BCUT2D eigenvalue weighted by Crippen LogP contribution is -2.35. The van der Waals surface area contributed by atoms with Crippen LogP contribution in [-0.2, 0) is 0 Å². The van der Waals surface area contributed by atoms with Crippen LogP contribution in [0.1, 0.15) is 16.7 Å². The largest absolute Gasteiger partial charge is 0.352 e. The SMILES string of the molecule is Cc1cccc(Nc2c(-c3ccc(C)c(C)c3)c(=O)c2=O)c1. The fourth-order valence-electron chi connectivity index (χ4n) is 2.55. The first kappa shape index (κ1) is 14.3. The summed E-state index contributed by atoms with van der Waals surface area (Å²) < 4.78 is 0. The average molecular weight is 291 g/mol. The molecule has 0 aliphatic carbocycles. The number of hydrogen-bond donors (Lipinski definition) is 1. The van der Waals surface area contributed by atoms with E-state index in [-0.39, 0.29) is 0 Å². The van der Waals surface area contributed by atoms with Gasteiger partial charge in [0, 0.05) is 5.69 Å². The van der Waals surface area contributed by atoms with Gasteiger partial charge in [-0.05, 0) is 55.2 Å². The lowest BCUT2D eigenvalue weighted by molar-refractivity contribution is 1.32. The van der Waals surface area contributed by atoms with Crippen LogP contribution in [0.5, 0.6) is 0 Å². The van der Waals surface area contributed by atoms with Crippen molar-refractivity contribution in [3.05, 3.63) is 79.6 Å². The molecule has 0 radical (unpaired) electrons. The minimum Gasteiger partial charge on any atom is -0.352 e. The molecule has 0 unspecified atom stereocenters. The number of nitrogens with one attached hydrogen (secondary N) is 1. The molecule has 0 spiro atoms. The molecule has 3 nitrogen and oxygen atoms in total. The molecule has 3 heteroatoms. The van der Waals surface area contributed by atoms with E-state index < -0.39 is 10.9 Å². The van der Waals surface area contributed by atoms with Gasteiger partial charge in [-0.2, -0.15) is 0 Å². The van der Waals surface area contributed by atoms with Crippen LogP contribution in [0.25, 0.3) is 11.1 Å². The number of hydrogen-bond acceptors (Lipinski definition) is 3. The average Bonchev–Trinajstić information content (AvgIpc) is 2.50. The van der Waals surface area contributed by atoms with Crippen molar-refractivity contribution >= 4 is 11.4 Å². The van der Waals surface area contributed by atoms with Crippen molar-refractivity contribution in [1.82, 2.24) is 0 Å².